The van der Waals surface area contributed by atoms with E-state index in [2.05, 4.69) is 21.6 Å². The number of nitrogens with one attached hydrogen (secondary N) is 1. The van der Waals surface area contributed by atoms with Crippen LogP contribution in [0.2, 0.25) is 0 Å². The molecule has 2 N–H and O–H groups in total. The van der Waals surface area contributed by atoms with Crippen molar-refractivity contribution in [1.82, 2.24) is 0 Å². The highest BCUT2D eigenvalue weighted by Gasteiger charge is 2.19. The van der Waals surface area contributed by atoms with Crippen LogP contribution in [0, 0.1) is 18.3 Å². The molecule has 0 saturated carbocycles. The van der Waals surface area contributed by atoms with E-state index >= 15 is 0 Å². The maximum Gasteiger partial charge on any atom is 0.337 e. The van der Waals surface area contributed by atoms with Crippen molar-refractivity contribution in [3.8, 4) is 6.07 Å². The maximum atomic E-state index is 13.1. The zero-order valence-corrected chi connectivity index (χ0v) is 23.2. The monoisotopic (exact) mass is 536 g/mol. The molecule has 0 fully saturated rings. The number of fused-ring (bicyclic) bond motifs is 1. The lowest BCUT2D eigenvalue weighted by Gasteiger charge is -2.19. The van der Waals surface area contributed by atoms with E-state index in [4.69, 9.17) is 9.68 Å². The Morgan fingerprint density at radius 1 is 1.12 bits per heavy atom. The summed E-state index contributed by atoms with van der Waals surface area (Å²) in [4.78, 5) is 24.8. The summed E-state index contributed by atoms with van der Waals surface area (Å²) in [6.07, 6.45) is 1.71. The van der Waals surface area contributed by atoms with Crippen molar-refractivity contribution >= 4 is 28.3 Å². The number of aryl methyl sites for hydroxylation is 1. The number of nitrogens with zero attached hydrogens (tertiary/aromatic N) is 3. The summed E-state index contributed by atoms with van der Waals surface area (Å²) < 4.78 is 6.24. The minimum atomic E-state index is -1.03. The van der Waals surface area contributed by atoms with Crippen molar-refractivity contribution in [3.05, 3.63) is 117 Å². The summed E-state index contributed by atoms with van der Waals surface area (Å²) in [7, 11) is 0. The number of carboxylic acid groups (broad SMARTS) is 1. The molecule has 0 radical (unpaired) electrons. The second kappa shape index (κ2) is 13.7. The molecule has 0 aliphatic carbocycles. The smallest absolute Gasteiger partial charge is 0.337 e. The molecule has 40 heavy (non-hydrogen) atoms. The van der Waals surface area contributed by atoms with Crippen LogP contribution >= 0.6 is 0 Å². The molecule has 3 aromatic carbocycles. The number of carbonyl (C=O) groups is 1. The largest absolute Gasteiger partial charge is 0.478 e. The van der Waals surface area contributed by atoms with E-state index < -0.39 is 5.97 Å². The predicted octanol–water partition coefficient (Wildman–Crippen LogP) is 7.88. The number of nitriles is 1. The fraction of sp³-hybridized carbons (Fsp3) is 0.219. The molecule has 1 heterocycles. The number of hydrogen-bond donors (Lipinski definition) is 2. The highest BCUT2D eigenvalue weighted by Crippen LogP contribution is 2.30. The maximum absolute atomic E-state index is 13.1. The first-order valence-corrected chi connectivity index (χ1v) is 13.0. The quantitative estimate of drug-likeness (QED) is 0.220. The van der Waals surface area contributed by atoms with Gasteiger partial charge in [-0.1, -0.05) is 50.3 Å². The first-order valence-electron chi connectivity index (χ1n) is 13.0. The highest BCUT2D eigenvalue weighted by molar-refractivity contribution is 5.94. The number of para-hydroxylation sites is 1. The van der Waals surface area contributed by atoms with Crippen molar-refractivity contribution < 1.29 is 14.3 Å². The Morgan fingerprint density at radius 2 is 1.82 bits per heavy atom. The molecular formula is C32H32N4O4. The van der Waals surface area contributed by atoms with Crippen LogP contribution in [0.1, 0.15) is 72.1 Å². The van der Waals surface area contributed by atoms with Crippen molar-refractivity contribution in [2.75, 3.05) is 5.32 Å². The third kappa shape index (κ3) is 6.88. The van der Waals surface area contributed by atoms with Crippen LogP contribution < -0.4 is 10.7 Å². The molecule has 1 aromatic heterocycles. The van der Waals surface area contributed by atoms with Crippen molar-refractivity contribution in [1.29, 1.82) is 5.26 Å². The Balaban J connectivity index is 0.00000216. The summed E-state index contributed by atoms with van der Waals surface area (Å²) in [6, 6.07) is 20.5. The van der Waals surface area contributed by atoms with Gasteiger partial charge in [0.25, 0.3) is 0 Å². The molecule has 1 unspecified atom stereocenters. The van der Waals surface area contributed by atoms with Crippen LogP contribution in [-0.4, -0.2) is 11.1 Å². The fourth-order valence-corrected chi connectivity index (χ4v) is 4.12. The molecule has 4 rings (SSSR count). The molecular weight excluding hydrogens is 504 g/mol. The van der Waals surface area contributed by atoms with E-state index in [1.54, 1.807) is 49.4 Å². The molecule has 8 nitrogen and oxygen atoms in total. The number of aromatic carboxylic acids is 1. The van der Waals surface area contributed by atoms with Gasteiger partial charge in [0.2, 0.25) is 0 Å². The molecule has 8 heteroatoms. The third-order valence-corrected chi connectivity index (χ3v) is 6.04. The average molecular weight is 537 g/mol. The Kier molecular flexibility index (Phi) is 10.1. The number of hydrogen-bond acceptors (Lipinski definition) is 7. The van der Waals surface area contributed by atoms with Gasteiger partial charge in [0.05, 0.1) is 35.2 Å². The number of azo groups is 1. The lowest BCUT2D eigenvalue weighted by atomic mass is 10.0. The number of benzene rings is 3. The van der Waals surface area contributed by atoms with E-state index in [9.17, 15) is 14.7 Å². The number of anilines is 1. The minimum absolute atomic E-state index is 0.150. The van der Waals surface area contributed by atoms with Gasteiger partial charge in [0.15, 0.2) is 11.2 Å². The molecule has 4 aromatic rings. The minimum Gasteiger partial charge on any atom is -0.478 e. The van der Waals surface area contributed by atoms with Gasteiger partial charge in [-0.2, -0.15) is 15.5 Å². The van der Waals surface area contributed by atoms with Gasteiger partial charge in [0.1, 0.15) is 11.3 Å². The second-order valence-corrected chi connectivity index (χ2v) is 8.80. The van der Waals surface area contributed by atoms with E-state index in [0.717, 1.165) is 11.1 Å². The molecule has 204 valence electrons. The summed E-state index contributed by atoms with van der Waals surface area (Å²) in [5.74, 6) is -0.760. The van der Waals surface area contributed by atoms with Crippen LogP contribution in [0.25, 0.3) is 16.7 Å². The van der Waals surface area contributed by atoms with Gasteiger partial charge in [-0.3, -0.25) is 4.79 Å². The van der Waals surface area contributed by atoms with Gasteiger partial charge in [0, 0.05) is 17.3 Å². The zero-order valence-electron chi connectivity index (χ0n) is 23.2. The number of allylic oxidation sites excluding steroid dienone is 1. The average Bonchev–Trinajstić information content (AvgIpc) is 2.96. The third-order valence-electron chi connectivity index (χ3n) is 6.04. The van der Waals surface area contributed by atoms with Crippen molar-refractivity contribution in [3.63, 3.8) is 0 Å². The molecule has 1 atom stereocenters. The van der Waals surface area contributed by atoms with Crippen LogP contribution in [-0.2, 0) is 6.54 Å². The van der Waals surface area contributed by atoms with E-state index in [1.807, 2.05) is 45.9 Å². The Labute approximate surface area is 233 Å². The molecule has 0 saturated heterocycles. The van der Waals surface area contributed by atoms with Crippen molar-refractivity contribution in [2.45, 2.75) is 47.2 Å². The lowest BCUT2D eigenvalue weighted by Crippen LogP contribution is -2.12. The van der Waals surface area contributed by atoms with Gasteiger partial charge < -0.3 is 14.8 Å². The first kappa shape index (κ1) is 29.5. The van der Waals surface area contributed by atoms with Gasteiger partial charge >= 0.3 is 5.97 Å². The number of rotatable bonds is 8. The molecule has 0 aliphatic heterocycles. The summed E-state index contributed by atoms with van der Waals surface area (Å²) in [5, 5.41) is 30.7. The Morgan fingerprint density at radius 3 is 2.48 bits per heavy atom. The predicted molar refractivity (Wildman–Crippen MR) is 157 cm³/mol. The van der Waals surface area contributed by atoms with Crippen LogP contribution in [0.4, 0.5) is 5.69 Å². The highest BCUT2D eigenvalue weighted by atomic mass is 16.4. The van der Waals surface area contributed by atoms with Crippen LogP contribution in [0.3, 0.4) is 0 Å². The topological polar surface area (TPSA) is 128 Å². The molecule has 0 amide bonds. The SMILES string of the molecule is C/C=C(\N=NCc1ccc(C#N)cc1)c1cc(=O)c2cc(C)cc(C(C)Nc3ccccc3C(=O)O)c2o1.CC. The van der Waals surface area contributed by atoms with Crippen LogP contribution in [0.5, 0.6) is 0 Å². The van der Waals surface area contributed by atoms with E-state index in [1.165, 1.54) is 12.1 Å². The lowest BCUT2D eigenvalue weighted by molar-refractivity contribution is 0.0698. The number of carboxylic acids is 1. The van der Waals surface area contributed by atoms with Crippen LogP contribution in [0.15, 0.2) is 92.2 Å². The van der Waals surface area contributed by atoms with Crippen molar-refractivity contribution in [2.24, 2.45) is 10.2 Å². The second-order valence-electron chi connectivity index (χ2n) is 8.80. The van der Waals surface area contributed by atoms with Gasteiger partial charge in [-0.25, -0.2) is 4.79 Å². The zero-order chi connectivity index (χ0) is 29.2. The van der Waals surface area contributed by atoms with Gasteiger partial charge in [-0.05, 0) is 62.2 Å². The van der Waals surface area contributed by atoms with Gasteiger partial charge in [-0.15, -0.1) is 0 Å². The Hall–Kier alpha value is -5.03. The molecule has 0 aliphatic rings. The summed E-state index contributed by atoms with van der Waals surface area (Å²) in [6.45, 7) is 9.86. The standard InChI is InChI=1S/C30H26N4O4.C2H6/c1-4-25(34-32-17-21-11-9-20(16-31)10-12-21)28-15-27(35)24-14-18(2)13-23(29(24)38-28)19(3)33-26-8-6-5-7-22(26)30(36)37;1-2/h4-15,19,33H,17H2,1-3H3,(H,36,37);1-2H3/b25-4-,34-32?;. The molecule has 0 spiro atoms. The fourth-order valence-electron chi connectivity index (χ4n) is 4.12. The van der Waals surface area contributed by atoms with E-state index in [0.29, 0.717) is 40.0 Å². The molecule has 0 bridgehead atoms. The Bertz CT molecular complexity index is 1660. The van der Waals surface area contributed by atoms with E-state index in [-0.39, 0.29) is 22.8 Å². The first-order chi connectivity index (χ1) is 19.3. The summed E-state index contributed by atoms with van der Waals surface area (Å²) >= 11 is 0. The normalized spacial score (nSPS) is 11.9. The summed E-state index contributed by atoms with van der Waals surface area (Å²) in [5.41, 5.74) is 4.25.